The molecular formula is C20H31N5OSi. The number of ether oxygens (including phenoxy) is 1. The van der Waals surface area contributed by atoms with Crippen LogP contribution >= 0.6 is 0 Å². The van der Waals surface area contributed by atoms with E-state index in [0.29, 0.717) is 18.6 Å². The van der Waals surface area contributed by atoms with Crippen LogP contribution in [0.4, 0.5) is 0 Å². The molecule has 4 rings (SSSR count). The van der Waals surface area contributed by atoms with Crippen molar-refractivity contribution in [3.63, 3.8) is 0 Å². The van der Waals surface area contributed by atoms with Gasteiger partial charge < -0.3 is 15.0 Å². The molecule has 1 aliphatic rings. The fourth-order valence-electron chi connectivity index (χ4n) is 4.24. The first-order chi connectivity index (χ1) is 12.8. The average molecular weight is 386 g/mol. The summed E-state index contributed by atoms with van der Waals surface area (Å²) in [6.45, 7) is 10.8. The first-order valence-corrected chi connectivity index (χ1v) is 13.7. The first kappa shape index (κ1) is 18.7. The Kier molecular flexibility index (Phi) is 4.86. The number of imidazole rings is 1. The highest BCUT2D eigenvalue weighted by Crippen LogP contribution is 2.39. The molecule has 2 N–H and O–H groups in total. The number of aromatic nitrogens is 4. The Labute approximate surface area is 161 Å². The highest BCUT2D eigenvalue weighted by atomic mass is 28.3. The minimum atomic E-state index is -1.07. The Morgan fingerprint density at radius 2 is 2.04 bits per heavy atom. The summed E-state index contributed by atoms with van der Waals surface area (Å²) in [6, 6.07) is 3.59. The Bertz CT molecular complexity index is 941. The molecule has 0 bridgehead atoms. The zero-order valence-electron chi connectivity index (χ0n) is 16.9. The maximum absolute atomic E-state index is 6.22. The smallest absolute Gasteiger partial charge is 0.159 e. The second-order valence-electron chi connectivity index (χ2n) is 9.29. The molecule has 6 nitrogen and oxygen atoms in total. The predicted molar refractivity (Wildman–Crippen MR) is 112 cm³/mol. The summed E-state index contributed by atoms with van der Waals surface area (Å²) >= 11 is 0. The number of hydrogen-bond donors (Lipinski definition) is 1. The number of nitrogens with zero attached hydrogens (tertiary/aromatic N) is 4. The maximum Gasteiger partial charge on any atom is 0.159 e. The molecule has 0 aliphatic heterocycles. The van der Waals surface area contributed by atoms with E-state index in [-0.39, 0.29) is 6.04 Å². The van der Waals surface area contributed by atoms with Crippen molar-refractivity contribution in [1.82, 2.24) is 18.9 Å². The Hall–Kier alpha value is -1.70. The van der Waals surface area contributed by atoms with Crippen molar-refractivity contribution in [2.24, 2.45) is 11.7 Å². The van der Waals surface area contributed by atoms with Gasteiger partial charge in [-0.25, -0.2) is 9.97 Å². The molecule has 1 aliphatic carbocycles. The van der Waals surface area contributed by atoms with Crippen molar-refractivity contribution in [2.45, 2.75) is 64.1 Å². The standard InChI is InChI=1S/C20H31N5OSi/c1-14-9-15(21)10-16(14)18-11-22-19-12-23-20-17(25(18)19)5-6-24(20)13-26-7-8-27(2,3)4/h5-6,11-12,14-16H,7-10,13,21H2,1-4H3. The van der Waals surface area contributed by atoms with Gasteiger partial charge in [0.25, 0.3) is 0 Å². The van der Waals surface area contributed by atoms with Crippen LogP contribution in [0, 0.1) is 5.92 Å². The fraction of sp³-hybridized carbons (Fsp3) is 0.600. The van der Waals surface area contributed by atoms with Crippen molar-refractivity contribution in [2.75, 3.05) is 6.61 Å². The van der Waals surface area contributed by atoms with Gasteiger partial charge in [0.1, 0.15) is 6.73 Å². The van der Waals surface area contributed by atoms with Gasteiger partial charge in [-0.2, -0.15) is 0 Å². The molecule has 3 aromatic rings. The van der Waals surface area contributed by atoms with Gasteiger partial charge in [0, 0.05) is 44.7 Å². The lowest BCUT2D eigenvalue weighted by Gasteiger charge is -2.16. The van der Waals surface area contributed by atoms with Crippen LogP contribution in [-0.4, -0.2) is 39.7 Å². The zero-order valence-corrected chi connectivity index (χ0v) is 17.9. The van der Waals surface area contributed by atoms with Gasteiger partial charge in [-0.05, 0) is 30.9 Å². The SMILES string of the molecule is CC1CC(N)CC1c1cnc2cnc3c(ccn3COCC[Si](C)(C)C)n12. The van der Waals surface area contributed by atoms with E-state index < -0.39 is 8.07 Å². The van der Waals surface area contributed by atoms with Crippen LogP contribution in [0.1, 0.15) is 31.4 Å². The minimum Gasteiger partial charge on any atom is -0.361 e. The van der Waals surface area contributed by atoms with Crippen molar-refractivity contribution in [3.05, 3.63) is 30.4 Å². The Morgan fingerprint density at radius 1 is 1.22 bits per heavy atom. The highest BCUT2D eigenvalue weighted by Gasteiger charge is 2.32. The second-order valence-corrected chi connectivity index (χ2v) is 14.9. The molecule has 7 heteroatoms. The summed E-state index contributed by atoms with van der Waals surface area (Å²) in [5.74, 6) is 1.03. The van der Waals surface area contributed by atoms with Crippen LogP contribution in [0.3, 0.4) is 0 Å². The molecule has 3 aromatic heterocycles. The van der Waals surface area contributed by atoms with Gasteiger partial charge in [-0.3, -0.25) is 4.40 Å². The monoisotopic (exact) mass is 385 g/mol. The van der Waals surface area contributed by atoms with Crippen molar-refractivity contribution >= 4 is 24.9 Å². The van der Waals surface area contributed by atoms with E-state index in [1.54, 1.807) is 0 Å². The molecule has 0 amide bonds. The van der Waals surface area contributed by atoms with Gasteiger partial charge in [0.15, 0.2) is 11.3 Å². The molecule has 3 heterocycles. The number of hydrogen-bond acceptors (Lipinski definition) is 4. The Morgan fingerprint density at radius 3 is 2.74 bits per heavy atom. The third-order valence-electron chi connectivity index (χ3n) is 5.80. The van der Waals surface area contributed by atoms with E-state index >= 15 is 0 Å². The van der Waals surface area contributed by atoms with Crippen LogP contribution in [0.25, 0.3) is 16.8 Å². The number of nitrogens with two attached hydrogens (primary N) is 1. The topological polar surface area (TPSA) is 70.4 Å². The second kappa shape index (κ2) is 7.03. The Balaban J connectivity index is 1.62. The quantitative estimate of drug-likeness (QED) is 0.517. The molecule has 0 radical (unpaired) electrons. The van der Waals surface area contributed by atoms with Crippen LogP contribution in [0.2, 0.25) is 25.7 Å². The summed E-state index contributed by atoms with van der Waals surface area (Å²) in [6.07, 6.45) is 8.05. The van der Waals surface area contributed by atoms with E-state index in [4.69, 9.17) is 10.5 Å². The maximum atomic E-state index is 6.22. The molecular weight excluding hydrogens is 354 g/mol. The summed E-state index contributed by atoms with van der Waals surface area (Å²) in [5, 5.41) is 0. The molecule has 27 heavy (non-hydrogen) atoms. The fourth-order valence-corrected chi connectivity index (χ4v) is 4.99. The molecule has 3 unspecified atom stereocenters. The van der Waals surface area contributed by atoms with E-state index in [9.17, 15) is 0 Å². The lowest BCUT2D eigenvalue weighted by molar-refractivity contribution is 0.0899. The predicted octanol–water partition coefficient (Wildman–Crippen LogP) is 3.84. The normalized spacial score (nSPS) is 23.7. The molecule has 3 atom stereocenters. The van der Waals surface area contributed by atoms with E-state index in [0.717, 1.165) is 36.3 Å². The van der Waals surface area contributed by atoms with Gasteiger partial charge in [0.2, 0.25) is 0 Å². The summed E-state index contributed by atoms with van der Waals surface area (Å²) < 4.78 is 10.3. The van der Waals surface area contributed by atoms with Gasteiger partial charge in [-0.1, -0.05) is 26.6 Å². The van der Waals surface area contributed by atoms with Gasteiger partial charge >= 0.3 is 0 Å². The molecule has 146 valence electrons. The van der Waals surface area contributed by atoms with Crippen molar-refractivity contribution in [1.29, 1.82) is 0 Å². The van der Waals surface area contributed by atoms with Crippen LogP contribution < -0.4 is 5.73 Å². The number of rotatable bonds is 6. The largest absolute Gasteiger partial charge is 0.361 e. The highest BCUT2D eigenvalue weighted by molar-refractivity contribution is 6.76. The van der Waals surface area contributed by atoms with Gasteiger partial charge in [-0.15, -0.1) is 0 Å². The van der Waals surface area contributed by atoms with Gasteiger partial charge in [0.05, 0.1) is 11.7 Å². The molecule has 0 saturated heterocycles. The first-order valence-electron chi connectivity index (χ1n) is 9.98. The van der Waals surface area contributed by atoms with E-state index in [1.165, 1.54) is 11.7 Å². The van der Waals surface area contributed by atoms with Crippen molar-refractivity contribution in [3.8, 4) is 0 Å². The average Bonchev–Trinajstić information content (AvgIpc) is 3.26. The lowest BCUT2D eigenvalue weighted by atomic mass is 9.95. The van der Waals surface area contributed by atoms with E-state index in [1.807, 2.05) is 12.4 Å². The molecule has 0 aromatic carbocycles. The molecule has 1 saturated carbocycles. The van der Waals surface area contributed by atoms with Crippen LogP contribution in [0.5, 0.6) is 0 Å². The summed E-state index contributed by atoms with van der Waals surface area (Å²) in [5.41, 5.74) is 10.4. The van der Waals surface area contributed by atoms with Crippen LogP contribution in [-0.2, 0) is 11.5 Å². The molecule has 0 spiro atoms. The van der Waals surface area contributed by atoms with E-state index in [2.05, 4.69) is 57.8 Å². The minimum absolute atomic E-state index is 0.289. The third kappa shape index (κ3) is 3.68. The third-order valence-corrected chi connectivity index (χ3v) is 7.50. The zero-order chi connectivity index (χ0) is 19.2. The van der Waals surface area contributed by atoms with Crippen LogP contribution in [0.15, 0.2) is 24.7 Å². The summed E-state index contributed by atoms with van der Waals surface area (Å²) in [7, 11) is -1.07. The van der Waals surface area contributed by atoms with Crippen molar-refractivity contribution < 1.29 is 4.74 Å². The molecule has 1 fully saturated rings. The summed E-state index contributed by atoms with van der Waals surface area (Å²) in [4.78, 5) is 9.26. The lowest BCUT2D eigenvalue weighted by Crippen LogP contribution is -2.22. The number of fused-ring (bicyclic) bond motifs is 3.